The van der Waals surface area contributed by atoms with Crippen LogP contribution in [0, 0.1) is 11.6 Å². The number of carbonyl (C=O) groups excluding carboxylic acids is 1. The van der Waals surface area contributed by atoms with E-state index in [0.717, 1.165) is 12.1 Å². The maximum Gasteiger partial charge on any atom is 0.254 e. The molecule has 104 valence electrons. The Kier molecular flexibility index (Phi) is 3.84. The van der Waals surface area contributed by atoms with Crippen molar-refractivity contribution in [1.82, 2.24) is 5.32 Å². The smallest absolute Gasteiger partial charge is 0.254 e. The van der Waals surface area contributed by atoms with E-state index in [4.69, 9.17) is 10.5 Å². The maximum absolute atomic E-state index is 13.1. The molecule has 0 saturated carbocycles. The lowest BCUT2D eigenvalue weighted by atomic mass is 10.1. The molecule has 0 radical (unpaired) electrons. The van der Waals surface area contributed by atoms with Gasteiger partial charge >= 0.3 is 0 Å². The number of anilines is 1. The monoisotopic (exact) mass is 278 g/mol. The van der Waals surface area contributed by atoms with Crippen LogP contribution in [0.5, 0.6) is 11.5 Å². The summed E-state index contributed by atoms with van der Waals surface area (Å²) in [5.74, 6) is -2.15. The first-order chi connectivity index (χ1) is 9.51. The topological polar surface area (TPSA) is 64.4 Å². The first kappa shape index (κ1) is 13.8. The number of carbonyl (C=O) groups is 1. The Hall–Kier alpha value is -2.63. The number of halogens is 2. The van der Waals surface area contributed by atoms with E-state index in [0.29, 0.717) is 5.69 Å². The second-order valence-electron chi connectivity index (χ2n) is 4.01. The summed E-state index contributed by atoms with van der Waals surface area (Å²) in [5, 5.41) is 2.45. The van der Waals surface area contributed by atoms with Crippen molar-refractivity contribution >= 4 is 11.6 Å². The van der Waals surface area contributed by atoms with E-state index < -0.39 is 11.6 Å². The molecule has 4 nitrogen and oxygen atoms in total. The van der Waals surface area contributed by atoms with Crippen LogP contribution in [0.1, 0.15) is 10.4 Å². The van der Waals surface area contributed by atoms with E-state index in [2.05, 4.69) is 5.32 Å². The molecule has 0 spiro atoms. The van der Waals surface area contributed by atoms with Crippen LogP contribution in [-0.2, 0) is 0 Å². The molecule has 0 bridgehead atoms. The average Bonchev–Trinajstić information content (AvgIpc) is 2.42. The largest absolute Gasteiger partial charge is 0.456 e. The molecule has 2 rings (SSSR count). The minimum atomic E-state index is -1.03. The Bertz CT molecular complexity index is 660. The number of nitrogens with one attached hydrogen (secondary N) is 1. The van der Waals surface area contributed by atoms with Gasteiger partial charge in [-0.3, -0.25) is 4.79 Å². The van der Waals surface area contributed by atoms with E-state index >= 15 is 0 Å². The molecular weight excluding hydrogens is 266 g/mol. The fraction of sp³-hybridized carbons (Fsp3) is 0.0714. The molecule has 1 amide bonds. The third-order valence-corrected chi connectivity index (χ3v) is 2.60. The van der Waals surface area contributed by atoms with Crippen molar-refractivity contribution in [3.05, 3.63) is 53.6 Å². The number of benzene rings is 2. The van der Waals surface area contributed by atoms with Crippen molar-refractivity contribution in [2.75, 3.05) is 12.8 Å². The Morgan fingerprint density at radius 1 is 1.15 bits per heavy atom. The van der Waals surface area contributed by atoms with Crippen molar-refractivity contribution in [2.24, 2.45) is 0 Å². The Morgan fingerprint density at radius 2 is 1.90 bits per heavy atom. The van der Waals surface area contributed by atoms with Crippen molar-refractivity contribution in [2.45, 2.75) is 0 Å². The quantitative estimate of drug-likeness (QED) is 0.848. The van der Waals surface area contributed by atoms with Gasteiger partial charge in [-0.2, -0.15) is 0 Å². The lowest BCUT2D eigenvalue weighted by Crippen LogP contribution is -2.18. The second kappa shape index (κ2) is 5.56. The molecule has 0 aliphatic carbocycles. The molecule has 0 saturated heterocycles. The molecule has 6 heteroatoms. The second-order valence-corrected chi connectivity index (χ2v) is 4.01. The van der Waals surface area contributed by atoms with Crippen LogP contribution in [0.25, 0.3) is 0 Å². The highest BCUT2D eigenvalue weighted by molar-refractivity contribution is 5.97. The van der Waals surface area contributed by atoms with Crippen LogP contribution < -0.4 is 15.8 Å². The van der Waals surface area contributed by atoms with Gasteiger partial charge in [0.2, 0.25) is 0 Å². The van der Waals surface area contributed by atoms with Crippen LogP contribution in [0.3, 0.4) is 0 Å². The Morgan fingerprint density at radius 3 is 2.55 bits per heavy atom. The van der Waals surface area contributed by atoms with E-state index in [1.807, 2.05) is 0 Å². The highest BCUT2D eigenvalue weighted by Gasteiger charge is 2.13. The number of hydrogen-bond donors (Lipinski definition) is 2. The number of nitrogen functional groups attached to an aromatic ring is 1. The molecule has 20 heavy (non-hydrogen) atoms. The SMILES string of the molecule is CNC(=O)c1ccc(N)cc1Oc1ccc(F)c(F)c1. The van der Waals surface area contributed by atoms with E-state index in [-0.39, 0.29) is 23.0 Å². The normalized spacial score (nSPS) is 10.2. The molecule has 0 aliphatic rings. The van der Waals surface area contributed by atoms with Crippen molar-refractivity contribution < 1.29 is 18.3 Å². The van der Waals surface area contributed by atoms with Gasteiger partial charge in [0.1, 0.15) is 11.5 Å². The van der Waals surface area contributed by atoms with Gasteiger partial charge in [0.05, 0.1) is 5.56 Å². The summed E-state index contributed by atoms with van der Waals surface area (Å²) < 4.78 is 31.4. The van der Waals surface area contributed by atoms with Gasteiger partial charge in [-0.15, -0.1) is 0 Å². The molecule has 2 aromatic rings. The highest BCUT2D eigenvalue weighted by Crippen LogP contribution is 2.28. The van der Waals surface area contributed by atoms with Crippen molar-refractivity contribution in [3.8, 4) is 11.5 Å². The first-order valence-corrected chi connectivity index (χ1v) is 5.76. The van der Waals surface area contributed by atoms with Gasteiger partial charge in [-0.05, 0) is 24.3 Å². The summed E-state index contributed by atoms with van der Waals surface area (Å²) in [6.45, 7) is 0. The zero-order chi connectivity index (χ0) is 14.7. The molecule has 0 fully saturated rings. The highest BCUT2D eigenvalue weighted by atomic mass is 19.2. The molecule has 0 aliphatic heterocycles. The van der Waals surface area contributed by atoms with Crippen LogP contribution in [0.15, 0.2) is 36.4 Å². The van der Waals surface area contributed by atoms with Gasteiger partial charge in [0.15, 0.2) is 11.6 Å². The molecule has 0 atom stereocenters. The minimum absolute atomic E-state index is 0.0691. The Balaban J connectivity index is 2.38. The summed E-state index contributed by atoms with van der Waals surface area (Å²) in [5.41, 5.74) is 6.26. The Labute approximate surface area is 114 Å². The number of amides is 1. The van der Waals surface area contributed by atoms with E-state index in [1.165, 1.54) is 25.2 Å². The first-order valence-electron chi connectivity index (χ1n) is 5.76. The molecule has 2 aromatic carbocycles. The maximum atomic E-state index is 13.1. The molecule has 0 aromatic heterocycles. The number of ether oxygens (including phenoxy) is 1. The fourth-order valence-corrected chi connectivity index (χ4v) is 1.61. The summed E-state index contributed by atoms with van der Waals surface area (Å²) in [6, 6.07) is 7.57. The summed E-state index contributed by atoms with van der Waals surface area (Å²) in [4.78, 5) is 11.7. The average molecular weight is 278 g/mol. The standard InChI is InChI=1S/C14H12F2N2O2/c1-18-14(19)10-4-2-8(17)6-13(10)20-9-3-5-11(15)12(16)7-9/h2-7H,17H2,1H3,(H,18,19). The lowest BCUT2D eigenvalue weighted by molar-refractivity contribution is 0.0961. The number of hydrogen-bond acceptors (Lipinski definition) is 3. The molecule has 3 N–H and O–H groups in total. The predicted octanol–water partition coefficient (Wildman–Crippen LogP) is 2.70. The number of rotatable bonds is 3. The number of nitrogens with two attached hydrogens (primary N) is 1. The minimum Gasteiger partial charge on any atom is -0.456 e. The van der Waals surface area contributed by atoms with Crippen LogP contribution in [-0.4, -0.2) is 13.0 Å². The summed E-state index contributed by atoms with van der Waals surface area (Å²) in [7, 11) is 1.47. The van der Waals surface area contributed by atoms with Gasteiger partial charge in [-0.1, -0.05) is 0 Å². The van der Waals surface area contributed by atoms with Gasteiger partial charge in [0, 0.05) is 24.9 Å². The van der Waals surface area contributed by atoms with Gasteiger partial charge in [-0.25, -0.2) is 8.78 Å². The zero-order valence-corrected chi connectivity index (χ0v) is 10.6. The van der Waals surface area contributed by atoms with Gasteiger partial charge in [0.25, 0.3) is 5.91 Å². The lowest BCUT2D eigenvalue weighted by Gasteiger charge is -2.11. The van der Waals surface area contributed by atoms with Crippen LogP contribution in [0.4, 0.5) is 14.5 Å². The fourth-order valence-electron chi connectivity index (χ4n) is 1.61. The third kappa shape index (κ3) is 2.85. The van der Waals surface area contributed by atoms with Crippen molar-refractivity contribution in [3.63, 3.8) is 0 Å². The van der Waals surface area contributed by atoms with Crippen LogP contribution >= 0.6 is 0 Å². The summed E-state index contributed by atoms with van der Waals surface area (Å²) >= 11 is 0. The van der Waals surface area contributed by atoms with Gasteiger partial charge < -0.3 is 15.8 Å². The van der Waals surface area contributed by atoms with Crippen LogP contribution in [0.2, 0.25) is 0 Å². The summed E-state index contributed by atoms with van der Waals surface area (Å²) in [6.07, 6.45) is 0. The molecule has 0 heterocycles. The van der Waals surface area contributed by atoms with E-state index in [1.54, 1.807) is 6.07 Å². The van der Waals surface area contributed by atoms with Crippen molar-refractivity contribution in [1.29, 1.82) is 0 Å². The third-order valence-electron chi connectivity index (χ3n) is 2.60. The van der Waals surface area contributed by atoms with E-state index in [9.17, 15) is 13.6 Å². The predicted molar refractivity (Wildman–Crippen MR) is 70.7 cm³/mol. The zero-order valence-electron chi connectivity index (χ0n) is 10.6. The molecular formula is C14H12F2N2O2. The molecule has 0 unspecified atom stereocenters.